The minimum atomic E-state index is -0.292. The van der Waals surface area contributed by atoms with Gasteiger partial charge in [0.05, 0.1) is 0 Å². The van der Waals surface area contributed by atoms with Gasteiger partial charge in [-0.05, 0) is 59.1 Å². The van der Waals surface area contributed by atoms with Crippen LogP contribution in [0.2, 0.25) is 0 Å². The molecule has 1 N–H and O–H groups in total. The molecule has 0 bridgehead atoms. The summed E-state index contributed by atoms with van der Waals surface area (Å²) in [4.78, 5) is 0. The Morgan fingerprint density at radius 3 is 2.58 bits per heavy atom. The minimum Gasteiger partial charge on any atom is -0.381 e. The average Bonchev–Trinajstić information content (AvgIpc) is 2.36. The van der Waals surface area contributed by atoms with Gasteiger partial charge in [0.25, 0.3) is 0 Å². The standard InChI is InChI=1S/C15H14BrF2N/c1-10(8-11-4-2-3-5-14(11)18)19-15-7-6-12(17)9-13(15)16/h2-7,9-10,19H,8H2,1H3. The second-order valence-electron chi connectivity index (χ2n) is 4.47. The van der Waals surface area contributed by atoms with Crippen molar-refractivity contribution in [2.24, 2.45) is 0 Å². The lowest BCUT2D eigenvalue weighted by Crippen LogP contribution is -2.19. The van der Waals surface area contributed by atoms with Crippen LogP contribution in [0.25, 0.3) is 0 Å². The Hall–Kier alpha value is -1.42. The summed E-state index contributed by atoms with van der Waals surface area (Å²) in [5.74, 6) is -0.492. The van der Waals surface area contributed by atoms with Crippen molar-refractivity contribution in [2.75, 3.05) is 5.32 Å². The van der Waals surface area contributed by atoms with Crippen molar-refractivity contribution in [3.63, 3.8) is 0 Å². The predicted molar refractivity (Wildman–Crippen MR) is 77.3 cm³/mol. The molecule has 0 aromatic heterocycles. The minimum absolute atomic E-state index is 0.0404. The number of rotatable bonds is 4. The summed E-state index contributed by atoms with van der Waals surface area (Å²) >= 11 is 3.30. The van der Waals surface area contributed by atoms with Gasteiger partial charge in [0.1, 0.15) is 11.6 Å². The normalized spacial score (nSPS) is 12.2. The zero-order valence-electron chi connectivity index (χ0n) is 10.5. The van der Waals surface area contributed by atoms with Crippen LogP contribution in [0.5, 0.6) is 0 Å². The van der Waals surface area contributed by atoms with E-state index in [1.165, 1.54) is 18.2 Å². The van der Waals surface area contributed by atoms with Crippen molar-refractivity contribution >= 4 is 21.6 Å². The van der Waals surface area contributed by atoms with E-state index in [0.717, 1.165) is 5.69 Å². The molecular formula is C15H14BrF2N. The maximum absolute atomic E-state index is 13.5. The van der Waals surface area contributed by atoms with Crippen LogP contribution in [-0.4, -0.2) is 6.04 Å². The second kappa shape index (κ2) is 6.15. The molecule has 1 nitrogen and oxygen atoms in total. The summed E-state index contributed by atoms with van der Waals surface area (Å²) in [5, 5.41) is 3.23. The molecule has 0 saturated heterocycles. The highest BCUT2D eigenvalue weighted by atomic mass is 79.9. The van der Waals surface area contributed by atoms with Crippen molar-refractivity contribution < 1.29 is 8.78 Å². The Bertz CT molecular complexity index is 572. The van der Waals surface area contributed by atoms with Gasteiger partial charge in [-0.1, -0.05) is 18.2 Å². The van der Waals surface area contributed by atoms with Gasteiger partial charge >= 0.3 is 0 Å². The molecule has 0 aliphatic heterocycles. The van der Waals surface area contributed by atoms with Crippen LogP contribution in [0, 0.1) is 11.6 Å². The van der Waals surface area contributed by atoms with E-state index in [-0.39, 0.29) is 17.7 Å². The van der Waals surface area contributed by atoms with Crippen molar-refractivity contribution in [3.8, 4) is 0 Å². The van der Waals surface area contributed by atoms with Gasteiger partial charge in [0.15, 0.2) is 0 Å². The van der Waals surface area contributed by atoms with Crippen LogP contribution in [0.1, 0.15) is 12.5 Å². The third kappa shape index (κ3) is 3.77. The smallest absolute Gasteiger partial charge is 0.126 e. The predicted octanol–water partition coefficient (Wildman–Crippen LogP) is 4.77. The summed E-state index contributed by atoms with van der Waals surface area (Å²) in [6.45, 7) is 1.96. The zero-order chi connectivity index (χ0) is 13.8. The molecule has 0 heterocycles. The van der Waals surface area contributed by atoms with Gasteiger partial charge in [0, 0.05) is 16.2 Å². The van der Waals surface area contributed by atoms with E-state index in [4.69, 9.17) is 0 Å². The fraction of sp³-hybridized carbons (Fsp3) is 0.200. The van der Waals surface area contributed by atoms with Crippen LogP contribution in [0.4, 0.5) is 14.5 Å². The second-order valence-corrected chi connectivity index (χ2v) is 5.32. The topological polar surface area (TPSA) is 12.0 Å². The van der Waals surface area contributed by atoms with E-state index in [2.05, 4.69) is 21.2 Å². The van der Waals surface area contributed by atoms with E-state index in [9.17, 15) is 8.78 Å². The van der Waals surface area contributed by atoms with E-state index in [1.54, 1.807) is 18.2 Å². The first-order chi connectivity index (χ1) is 9.06. The molecule has 1 unspecified atom stereocenters. The first-order valence-electron chi connectivity index (χ1n) is 6.01. The van der Waals surface area contributed by atoms with Gasteiger partial charge in [-0.25, -0.2) is 8.78 Å². The summed E-state index contributed by atoms with van der Waals surface area (Å²) in [6, 6.07) is 11.2. The van der Waals surface area contributed by atoms with E-state index in [0.29, 0.717) is 16.5 Å². The molecule has 0 saturated carbocycles. The lowest BCUT2D eigenvalue weighted by molar-refractivity contribution is 0.601. The molecule has 0 spiro atoms. The molecule has 0 aliphatic carbocycles. The van der Waals surface area contributed by atoms with Crippen LogP contribution in [-0.2, 0) is 6.42 Å². The Labute approximate surface area is 119 Å². The van der Waals surface area contributed by atoms with Gasteiger partial charge in [-0.3, -0.25) is 0 Å². The van der Waals surface area contributed by atoms with Crippen LogP contribution < -0.4 is 5.32 Å². The summed E-state index contributed by atoms with van der Waals surface area (Å²) in [5.41, 5.74) is 1.46. The molecule has 2 aromatic carbocycles. The fourth-order valence-corrected chi connectivity index (χ4v) is 2.38. The number of hydrogen-bond acceptors (Lipinski definition) is 1. The number of nitrogens with one attached hydrogen (secondary N) is 1. The largest absolute Gasteiger partial charge is 0.381 e. The summed E-state index contributed by atoms with van der Waals surface area (Å²) in [6.07, 6.45) is 0.566. The maximum atomic E-state index is 13.5. The summed E-state index contributed by atoms with van der Waals surface area (Å²) in [7, 11) is 0. The molecular weight excluding hydrogens is 312 g/mol. The first-order valence-corrected chi connectivity index (χ1v) is 6.80. The van der Waals surface area contributed by atoms with E-state index >= 15 is 0 Å². The van der Waals surface area contributed by atoms with Gasteiger partial charge in [-0.15, -0.1) is 0 Å². The van der Waals surface area contributed by atoms with E-state index in [1.807, 2.05) is 13.0 Å². The van der Waals surface area contributed by atoms with E-state index < -0.39 is 0 Å². The van der Waals surface area contributed by atoms with Crippen molar-refractivity contribution in [1.29, 1.82) is 0 Å². The van der Waals surface area contributed by atoms with Crippen LogP contribution >= 0.6 is 15.9 Å². The number of anilines is 1. The Kier molecular flexibility index (Phi) is 4.53. The highest BCUT2D eigenvalue weighted by Gasteiger charge is 2.09. The number of halogens is 3. The van der Waals surface area contributed by atoms with Gasteiger partial charge in [-0.2, -0.15) is 0 Å². The molecule has 2 rings (SSSR count). The van der Waals surface area contributed by atoms with Gasteiger partial charge in [0.2, 0.25) is 0 Å². The molecule has 1 atom stereocenters. The molecule has 0 aliphatic rings. The Morgan fingerprint density at radius 1 is 1.16 bits per heavy atom. The quantitative estimate of drug-likeness (QED) is 0.853. The fourth-order valence-electron chi connectivity index (χ4n) is 1.92. The van der Waals surface area contributed by atoms with Gasteiger partial charge < -0.3 is 5.32 Å². The van der Waals surface area contributed by atoms with Crippen molar-refractivity contribution in [2.45, 2.75) is 19.4 Å². The molecule has 100 valence electrons. The van der Waals surface area contributed by atoms with Crippen LogP contribution in [0.15, 0.2) is 46.9 Å². The Morgan fingerprint density at radius 2 is 1.89 bits per heavy atom. The van der Waals surface area contributed by atoms with Crippen molar-refractivity contribution in [1.82, 2.24) is 0 Å². The first kappa shape index (κ1) is 14.0. The van der Waals surface area contributed by atoms with Crippen LogP contribution in [0.3, 0.4) is 0 Å². The molecule has 0 radical (unpaired) electrons. The number of hydrogen-bond donors (Lipinski definition) is 1. The molecule has 2 aromatic rings. The molecule has 0 fully saturated rings. The average molecular weight is 326 g/mol. The lowest BCUT2D eigenvalue weighted by atomic mass is 10.1. The molecule has 19 heavy (non-hydrogen) atoms. The highest BCUT2D eigenvalue weighted by Crippen LogP contribution is 2.24. The summed E-state index contributed by atoms with van der Waals surface area (Å²) < 4.78 is 27.2. The highest BCUT2D eigenvalue weighted by molar-refractivity contribution is 9.10. The maximum Gasteiger partial charge on any atom is 0.126 e. The SMILES string of the molecule is CC(Cc1ccccc1F)Nc1ccc(F)cc1Br. The lowest BCUT2D eigenvalue weighted by Gasteiger charge is -2.17. The molecule has 4 heteroatoms. The van der Waals surface area contributed by atoms with Crippen molar-refractivity contribution in [3.05, 3.63) is 64.1 Å². The Balaban J connectivity index is 2.05. The molecule has 0 amide bonds. The third-order valence-electron chi connectivity index (χ3n) is 2.82. The zero-order valence-corrected chi connectivity index (χ0v) is 12.0. The number of benzene rings is 2. The third-order valence-corrected chi connectivity index (χ3v) is 3.47. The monoisotopic (exact) mass is 325 g/mol.